The molecule has 2 rings (SSSR count). The molecular weight excluding hydrogens is 265 g/mol. The number of aryl methyl sites for hydroxylation is 2. The summed E-state index contributed by atoms with van der Waals surface area (Å²) >= 11 is 0. The summed E-state index contributed by atoms with van der Waals surface area (Å²) < 4.78 is 14.1. The first-order chi connectivity index (χ1) is 9.66. The van der Waals surface area contributed by atoms with Crippen molar-refractivity contribution in [1.29, 1.82) is 0 Å². The minimum Gasteiger partial charge on any atom is -0.400 e. The molecule has 0 bridgehead atoms. The zero-order valence-corrected chi connectivity index (χ0v) is 14.2. The smallest absolute Gasteiger partial charge is 0.400 e. The number of nitrogens with one attached hydrogen (secondary N) is 1. The van der Waals surface area contributed by atoms with Crippen molar-refractivity contribution in [1.82, 2.24) is 15.1 Å². The van der Waals surface area contributed by atoms with Crippen LogP contribution in [0, 0.1) is 6.92 Å². The van der Waals surface area contributed by atoms with Crippen molar-refractivity contribution in [3.05, 3.63) is 22.9 Å². The van der Waals surface area contributed by atoms with E-state index in [1.807, 2.05) is 31.9 Å². The van der Waals surface area contributed by atoms with Crippen LogP contribution in [0.4, 0.5) is 0 Å². The summed E-state index contributed by atoms with van der Waals surface area (Å²) in [5.41, 5.74) is 2.52. The molecule has 1 aliphatic rings. The van der Waals surface area contributed by atoms with Gasteiger partial charge in [0.05, 0.1) is 16.9 Å². The lowest BCUT2D eigenvalue weighted by molar-refractivity contribution is 0.00578. The second-order valence-electron chi connectivity index (χ2n) is 6.68. The van der Waals surface area contributed by atoms with E-state index >= 15 is 0 Å². The van der Waals surface area contributed by atoms with Gasteiger partial charge in [-0.1, -0.05) is 6.08 Å². The molecule has 5 nitrogen and oxygen atoms in total. The first kappa shape index (κ1) is 16.3. The molecule has 1 saturated heterocycles. The summed E-state index contributed by atoms with van der Waals surface area (Å²) in [4.78, 5) is 0. The molecular formula is C15H26BN3O2. The topological polar surface area (TPSA) is 48.3 Å². The van der Waals surface area contributed by atoms with Crippen LogP contribution in [-0.2, 0) is 16.4 Å². The molecule has 1 aromatic heterocycles. The average molecular weight is 291 g/mol. The van der Waals surface area contributed by atoms with Gasteiger partial charge >= 0.3 is 7.12 Å². The van der Waals surface area contributed by atoms with Crippen LogP contribution in [0.5, 0.6) is 0 Å². The Bertz CT molecular complexity index is 533. The first-order valence-electron chi connectivity index (χ1n) is 7.37. The molecule has 0 unspecified atom stereocenters. The second-order valence-corrected chi connectivity index (χ2v) is 6.68. The van der Waals surface area contributed by atoms with Gasteiger partial charge in [0, 0.05) is 25.4 Å². The van der Waals surface area contributed by atoms with E-state index < -0.39 is 0 Å². The minimum absolute atomic E-state index is 0.325. The van der Waals surface area contributed by atoms with Crippen LogP contribution in [-0.4, -0.2) is 41.7 Å². The van der Waals surface area contributed by atoms with Gasteiger partial charge in [-0.3, -0.25) is 4.68 Å². The third-order valence-electron chi connectivity index (χ3n) is 4.33. The van der Waals surface area contributed by atoms with E-state index in [4.69, 9.17) is 9.31 Å². The van der Waals surface area contributed by atoms with E-state index in [-0.39, 0.29) is 18.3 Å². The molecule has 2 heterocycles. The Morgan fingerprint density at radius 3 is 2.33 bits per heavy atom. The number of nitrogens with zero attached hydrogens (tertiary/aromatic N) is 2. The van der Waals surface area contributed by atoms with Crippen molar-refractivity contribution in [2.45, 2.75) is 45.8 Å². The van der Waals surface area contributed by atoms with E-state index in [1.54, 1.807) is 0 Å². The van der Waals surface area contributed by atoms with Crippen LogP contribution in [0.2, 0.25) is 0 Å². The first-order valence-corrected chi connectivity index (χ1v) is 7.37. The fraction of sp³-hybridized carbons (Fsp3) is 0.667. The highest BCUT2D eigenvalue weighted by Crippen LogP contribution is 2.38. The standard InChI is InChI=1S/C15H26BN3O2/c1-11-12(10-19(7)18-11)8-13(9-17-6)16-20-14(2,3)15(4,5)21-16/h8,10,17H,9H2,1-7H3. The Kier molecular flexibility index (Phi) is 4.33. The Balaban J connectivity index is 2.31. The fourth-order valence-corrected chi connectivity index (χ4v) is 2.36. The van der Waals surface area contributed by atoms with Crippen molar-refractivity contribution < 1.29 is 9.31 Å². The summed E-state index contributed by atoms with van der Waals surface area (Å²) in [5.74, 6) is 0. The van der Waals surface area contributed by atoms with Gasteiger partial charge in [-0.15, -0.1) is 0 Å². The van der Waals surface area contributed by atoms with Gasteiger partial charge in [0.2, 0.25) is 0 Å². The van der Waals surface area contributed by atoms with E-state index in [0.29, 0.717) is 6.54 Å². The van der Waals surface area contributed by atoms with Crippen molar-refractivity contribution in [2.24, 2.45) is 7.05 Å². The molecule has 1 N–H and O–H groups in total. The van der Waals surface area contributed by atoms with Crippen molar-refractivity contribution >= 4 is 13.2 Å². The van der Waals surface area contributed by atoms with Crippen LogP contribution in [0.3, 0.4) is 0 Å². The van der Waals surface area contributed by atoms with Gasteiger partial charge in [0.1, 0.15) is 0 Å². The summed E-state index contributed by atoms with van der Waals surface area (Å²) in [6.07, 6.45) is 4.12. The van der Waals surface area contributed by atoms with Gasteiger partial charge in [-0.05, 0) is 47.1 Å². The molecule has 0 radical (unpaired) electrons. The van der Waals surface area contributed by atoms with Crippen LogP contribution >= 0.6 is 0 Å². The molecule has 0 atom stereocenters. The molecule has 0 saturated carbocycles. The molecule has 1 fully saturated rings. The third kappa shape index (κ3) is 3.22. The van der Waals surface area contributed by atoms with Gasteiger partial charge < -0.3 is 14.6 Å². The zero-order valence-electron chi connectivity index (χ0n) is 14.2. The fourth-order valence-electron chi connectivity index (χ4n) is 2.36. The van der Waals surface area contributed by atoms with E-state index in [0.717, 1.165) is 16.7 Å². The number of likely N-dealkylation sites (N-methyl/N-ethyl adjacent to an activating group) is 1. The molecule has 1 aliphatic heterocycles. The molecule has 21 heavy (non-hydrogen) atoms. The van der Waals surface area contributed by atoms with Crippen LogP contribution in [0.15, 0.2) is 11.7 Å². The summed E-state index contributed by atoms with van der Waals surface area (Å²) in [6.45, 7) is 11.0. The van der Waals surface area contributed by atoms with E-state index in [2.05, 4.69) is 44.2 Å². The number of hydrogen-bond donors (Lipinski definition) is 1. The van der Waals surface area contributed by atoms with Crippen molar-refractivity contribution in [3.8, 4) is 0 Å². The third-order valence-corrected chi connectivity index (χ3v) is 4.33. The Morgan fingerprint density at radius 1 is 1.33 bits per heavy atom. The van der Waals surface area contributed by atoms with Gasteiger partial charge in [-0.25, -0.2) is 0 Å². The lowest BCUT2D eigenvalue weighted by Crippen LogP contribution is -2.41. The van der Waals surface area contributed by atoms with E-state index in [9.17, 15) is 0 Å². The molecule has 0 amide bonds. The van der Waals surface area contributed by atoms with Gasteiger partial charge in [-0.2, -0.15) is 5.10 Å². The van der Waals surface area contributed by atoms with Crippen molar-refractivity contribution in [3.63, 3.8) is 0 Å². The van der Waals surface area contributed by atoms with E-state index in [1.165, 1.54) is 0 Å². The van der Waals surface area contributed by atoms with Crippen LogP contribution < -0.4 is 5.32 Å². The van der Waals surface area contributed by atoms with Crippen LogP contribution in [0.1, 0.15) is 39.0 Å². The largest absolute Gasteiger partial charge is 0.491 e. The Morgan fingerprint density at radius 2 is 1.90 bits per heavy atom. The maximum atomic E-state index is 6.14. The second kappa shape index (κ2) is 5.59. The number of hydrogen-bond acceptors (Lipinski definition) is 4. The highest BCUT2D eigenvalue weighted by Gasteiger charge is 2.52. The number of aromatic nitrogens is 2. The Hall–Kier alpha value is -1.11. The summed E-state index contributed by atoms with van der Waals surface area (Å²) in [5, 5.41) is 7.57. The quantitative estimate of drug-likeness (QED) is 0.862. The zero-order chi connectivity index (χ0) is 15.8. The number of rotatable bonds is 4. The summed E-state index contributed by atoms with van der Waals surface area (Å²) in [7, 11) is 3.52. The maximum Gasteiger partial charge on any atom is 0.491 e. The van der Waals surface area contributed by atoms with Gasteiger partial charge in [0.25, 0.3) is 0 Å². The van der Waals surface area contributed by atoms with Crippen molar-refractivity contribution in [2.75, 3.05) is 13.6 Å². The SMILES string of the molecule is CNCC(=Cc1cn(C)nc1C)B1OC(C)(C)C(C)(C)O1. The molecule has 6 heteroatoms. The monoisotopic (exact) mass is 291 g/mol. The molecule has 116 valence electrons. The molecule has 1 aromatic rings. The highest BCUT2D eigenvalue weighted by molar-refractivity contribution is 6.55. The van der Waals surface area contributed by atoms with Gasteiger partial charge in [0.15, 0.2) is 0 Å². The molecule has 0 aromatic carbocycles. The predicted octanol–water partition coefficient (Wildman–Crippen LogP) is 1.96. The molecule has 0 aliphatic carbocycles. The maximum absolute atomic E-state index is 6.14. The average Bonchev–Trinajstić information content (AvgIpc) is 2.75. The van der Waals surface area contributed by atoms with Crippen LogP contribution in [0.25, 0.3) is 6.08 Å². The predicted molar refractivity (Wildman–Crippen MR) is 85.9 cm³/mol. The summed E-state index contributed by atoms with van der Waals surface area (Å²) in [6, 6.07) is 0. The molecule has 0 spiro atoms. The minimum atomic E-state index is -0.331. The lowest BCUT2D eigenvalue weighted by atomic mass is 9.77. The Labute approximate surface area is 127 Å². The normalized spacial score (nSPS) is 21.1. The highest BCUT2D eigenvalue weighted by atomic mass is 16.7. The lowest BCUT2D eigenvalue weighted by Gasteiger charge is -2.32.